The molecule has 0 fully saturated rings. The lowest BCUT2D eigenvalue weighted by Gasteiger charge is -2.14. The average Bonchev–Trinajstić information content (AvgIpc) is 2.86. The van der Waals surface area contributed by atoms with Gasteiger partial charge in [-0.2, -0.15) is 5.26 Å². The number of nitrogens with zero attached hydrogens (tertiary/aromatic N) is 1. The van der Waals surface area contributed by atoms with Crippen molar-refractivity contribution in [3.05, 3.63) is 87.4 Å². The van der Waals surface area contributed by atoms with Gasteiger partial charge in [-0.05, 0) is 89.9 Å². The second-order valence-electron chi connectivity index (χ2n) is 7.37. The van der Waals surface area contributed by atoms with Crippen molar-refractivity contribution in [2.45, 2.75) is 13.8 Å². The number of carbonyl (C=O) groups is 2. The van der Waals surface area contributed by atoms with Gasteiger partial charge in [-0.3, -0.25) is 4.79 Å². The van der Waals surface area contributed by atoms with E-state index in [9.17, 15) is 14.9 Å². The van der Waals surface area contributed by atoms with Crippen LogP contribution in [-0.4, -0.2) is 25.6 Å². The van der Waals surface area contributed by atoms with Crippen LogP contribution in [0.25, 0.3) is 6.08 Å². The van der Waals surface area contributed by atoms with E-state index >= 15 is 0 Å². The lowest BCUT2D eigenvalue weighted by atomic mass is 10.1. The van der Waals surface area contributed by atoms with Gasteiger partial charge >= 0.3 is 5.97 Å². The predicted octanol–water partition coefficient (Wildman–Crippen LogP) is 5.93. The molecule has 0 aromatic heterocycles. The monoisotopic (exact) mass is 534 g/mol. The highest BCUT2D eigenvalue weighted by Gasteiger charge is 2.18. The number of hydrogen-bond acceptors (Lipinski definition) is 6. The molecule has 3 rings (SSSR count). The topological polar surface area (TPSA) is 97.6 Å². The van der Waals surface area contributed by atoms with E-state index in [1.807, 2.05) is 25.1 Å². The number of hydrogen-bond donors (Lipinski definition) is 1. The smallest absolute Gasteiger partial charge is 0.343 e. The summed E-state index contributed by atoms with van der Waals surface area (Å²) in [5.41, 5.74) is 2.39. The molecule has 0 aliphatic rings. The molecule has 1 N–H and O–H groups in total. The Labute approximate surface area is 212 Å². The normalized spacial score (nSPS) is 10.8. The van der Waals surface area contributed by atoms with Crippen LogP contribution >= 0.6 is 15.9 Å². The molecule has 0 spiro atoms. The van der Waals surface area contributed by atoms with Crippen molar-refractivity contribution >= 4 is 39.6 Å². The summed E-state index contributed by atoms with van der Waals surface area (Å²) in [4.78, 5) is 25.3. The van der Waals surface area contributed by atoms with Crippen molar-refractivity contribution in [1.82, 2.24) is 0 Å². The van der Waals surface area contributed by atoms with E-state index in [0.29, 0.717) is 33.6 Å². The van der Waals surface area contributed by atoms with E-state index in [2.05, 4.69) is 21.2 Å². The summed E-state index contributed by atoms with van der Waals surface area (Å²) in [7, 11) is 1.54. The van der Waals surface area contributed by atoms with Gasteiger partial charge in [0.05, 0.1) is 23.8 Å². The molecule has 1 amide bonds. The van der Waals surface area contributed by atoms with Crippen LogP contribution in [0.1, 0.15) is 28.4 Å². The zero-order valence-electron chi connectivity index (χ0n) is 19.4. The first-order chi connectivity index (χ1) is 16.8. The maximum Gasteiger partial charge on any atom is 0.343 e. The molecule has 3 aromatic rings. The third kappa shape index (κ3) is 6.71. The molecule has 0 radical (unpaired) electrons. The number of halogens is 1. The van der Waals surface area contributed by atoms with E-state index in [1.54, 1.807) is 62.6 Å². The Morgan fingerprint density at radius 3 is 2.37 bits per heavy atom. The molecule has 0 saturated carbocycles. The Hall–Kier alpha value is -4.09. The number of aryl methyl sites for hydroxylation is 1. The fourth-order valence-corrected chi connectivity index (χ4v) is 3.60. The highest BCUT2D eigenvalue weighted by Crippen LogP contribution is 2.38. The Morgan fingerprint density at radius 2 is 1.77 bits per heavy atom. The minimum Gasteiger partial charge on any atom is -0.497 e. The minimum atomic E-state index is -0.576. The average molecular weight is 535 g/mol. The van der Waals surface area contributed by atoms with Gasteiger partial charge in [-0.15, -0.1) is 0 Å². The van der Waals surface area contributed by atoms with Crippen molar-refractivity contribution in [1.29, 1.82) is 5.26 Å². The summed E-state index contributed by atoms with van der Waals surface area (Å²) >= 11 is 3.41. The summed E-state index contributed by atoms with van der Waals surface area (Å²) in [6.07, 6.45) is 1.44. The second-order valence-corrected chi connectivity index (χ2v) is 8.23. The van der Waals surface area contributed by atoms with E-state index in [4.69, 9.17) is 14.2 Å². The van der Waals surface area contributed by atoms with E-state index < -0.39 is 11.9 Å². The Balaban J connectivity index is 1.86. The lowest BCUT2D eigenvalue weighted by Crippen LogP contribution is -2.13. The molecular weight excluding hydrogens is 512 g/mol. The Kier molecular flexibility index (Phi) is 8.65. The van der Waals surface area contributed by atoms with Gasteiger partial charge in [0.25, 0.3) is 5.91 Å². The molecule has 0 atom stereocenters. The van der Waals surface area contributed by atoms with E-state index in [-0.39, 0.29) is 17.1 Å². The number of nitriles is 1. The molecule has 0 unspecified atom stereocenters. The highest BCUT2D eigenvalue weighted by atomic mass is 79.9. The fourth-order valence-electron chi connectivity index (χ4n) is 3.06. The Bertz CT molecular complexity index is 1290. The summed E-state index contributed by atoms with van der Waals surface area (Å²) < 4.78 is 16.8. The van der Waals surface area contributed by atoms with Crippen LogP contribution in [0.2, 0.25) is 0 Å². The fraction of sp³-hybridized carbons (Fsp3) is 0.148. The zero-order chi connectivity index (χ0) is 25.4. The summed E-state index contributed by atoms with van der Waals surface area (Å²) in [5.74, 6) is -0.0273. The molecular formula is C27H23BrN2O5. The van der Waals surface area contributed by atoms with Crippen molar-refractivity contribution in [2.24, 2.45) is 0 Å². The number of anilines is 1. The van der Waals surface area contributed by atoms with Gasteiger partial charge in [-0.1, -0.05) is 17.7 Å². The SMILES string of the molecule is CCOc1cc(/C=C(\C#N)C(=O)Nc2ccc(C)cc2)cc(Br)c1OC(=O)c1ccc(OC)cc1. The van der Waals surface area contributed by atoms with Gasteiger partial charge in [0.15, 0.2) is 11.5 Å². The maximum absolute atomic E-state index is 12.7. The zero-order valence-corrected chi connectivity index (χ0v) is 21.0. The first kappa shape index (κ1) is 25.5. The number of amides is 1. The van der Waals surface area contributed by atoms with Crippen LogP contribution < -0.4 is 19.5 Å². The highest BCUT2D eigenvalue weighted by molar-refractivity contribution is 9.10. The standard InChI is InChI=1S/C27H23BrN2O5/c1-4-34-24-15-18(13-20(16-29)26(31)30-21-9-5-17(2)6-10-21)14-23(28)25(24)35-27(32)19-7-11-22(33-3)12-8-19/h5-15H,4H2,1-3H3,(H,30,31)/b20-13+. The molecule has 7 nitrogen and oxygen atoms in total. The van der Waals surface area contributed by atoms with Crippen LogP contribution in [0.3, 0.4) is 0 Å². The number of nitrogens with one attached hydrogen (secondary N) is 1. The quantitative estimate of drug-likeness (QED) is 0.166. The third-order valence-corrected chi connectivity index (χ3v) is 5.43. The Morgan fingerprint density at radius 1 is 1.09 bits per heavy atom. The molecule has 35 heavy (non-hydrogen) atoms. The predicted molar refractivity (Wildman–Crippen MR) is 137 cm³/mol. The van der Waals surface area contributed by atoms with Crippen LogP contribution in [0.5, 0.6) is 17.2 Å². The first-order valence-corrected chi connectivity index (χ1v) is 11.5. The molecule has 178 valence electrons. The van der Waals surface area contributed by atoms with Gasteiger partial charge in [0.1, 0.15) is 17.4 Å². The number of ether oxygens (including phenoxy) is 3. The van der Waals surface area contributed by atoms with E-state index in [1.165, 1.54) is 6.08 Å². The van der Waals surface area contributed by atoms with Crippen LogP contribution in [0, 0.1) is 18.3 Å². The number of methoxy groups -OCH3 is 1. The maximum atomic E-state index is 12.7. The number of carbonyl (C=O) groups excluding carboxylic acids is 2. The van der Waals surface area contributed by atoms with Gasteiger partial charge in [-0.25, -0.2) is 4.79 Å². The molecule has 0 bridgehead atoms. The minimum absolute atomic E-state index is 0.0945. The van der Waals surface area contributed by atoms with Crippen LogP contribution in [0.4, 0.5) is 5.69 Å². The van der Waals surface area contributed by atoms with Gasteiger partial charge in [0, 0.05) is 5.69 Å². The summed E-state index contributed by atoms with van der Waals surface area (Å²) in [5, 5.41) is 12.3. The second kappa shape index (κ2) is 11.9. The summed E-state index contributed by atoms with van der Waals surface area (Å²) in [6, 6.07) is 18.9. The largest absolute Gasteiger partial charge is 0.497 e. The molecule has 0 heterocycles. The number of benzene rings is 3. The molecule has 0 aliphatic carbocycles. The van der Waals surface area contributed by atoms with Crippen molar-refractivity contribution in [2.75, 3.05) is 19.0 Å². The first-order valence-electron chi connectivity index (χ1n) is 10.7. The van der Waals surface area contributed by atoms with Crippen molar-refractivity contribution in [3.8, 4) is 23.3 Å². The number of esters is 1. The van der Waals surface area contributed by atoms with Crippen LogP contribution in [0.15, 0.2) is 70.7 Å². The molecule has 0 saturated heterocycles. The molecule has 0 aliphatic heterocycles. The third-order valence-electron chi connectivity index (χ3n) is 4.84. The van der Waals surface area contributed by atoms with E-state index in [0.717, 1.165) is 5.56 Å². The van der Waals surface area contributed by atoms with Gasteiger partial charge < -0.3 is 19.5 Å². The molecule has 8 heteroatoms. The van der Waals surface area contributed by atoms with Crippen LogP contribution in [-0.2, 0) is 4.79 Å². The number of rotatable bonds is 8. The lowest BCUT2D eigenvalue weighted by molar-refractivity contribution is -0.112. The summed E-state index contributed by atoms with van der Waals surface area (Å²) in [6.45, 7) is 4.05. The molecule has 3 aromatic carbocycles. The van der Waals surface area contributed by atoms with Crippen molar-refractivity contribution in [3.63, 3.8) is 0 Å². The van der Waals surface area contributed by atoms with Crippen molar-refractivity contribution < 1.29 is 23.8 Å². The van der Waals surface area contributed by atoms with Gasteiger partial charge in [0.2, 0.25) is 0 Å².